The third-order valence-corrected chi connectivity index (χ3v) is 3.69. The summed E-state index contributed by atoms with van der Waals surface area (Å²) in [7, 11) is 0. The quantitative estimate of drug-likeness (QED) is 0.648. The van der Waals surface area contributed by atoms with Gasteiger partial charge in [0.2, 0.25) is 0 Å². The molecule has 0 aromatic rings. The van der Waals surface area contributed by atoms with E-state index in [1.54, 1.807) is 0 Å². The summed E-state index contributed by atoms with van der Waals surface area (Å²) >= 11 is 13.0. The molecule has 0 saturated heterocycles. The molecular formula is C14H28Cl2N2. The molecule has 0 aliphatic carbocycles. The summed E-state index contributed by atoms with van der Waals surface area (Å²) in [4.78, 5) is 4.28. The molecule has 0 bridgehead atoms. The molecule has 0 aromatic heterocycles. The summed E-state index contributed by atoms with van der Waals surface area (Å²) < 4.78 is 0. The van der Waals surface area contributed by atoms with Crippen molar-refractivity contribution in [2.45, 2.75) is 79.6 Å². The second kappa shape index (κ2) is 7.49. The Balaban J connectivity index is 5.41. The summed E-state index contributed by atoms with van der Waals surface area (Å²) in [5, 5.41) is 1.29. The molecule has 2 nitrogen and oxygen atoms in total. The van der Waals surface area contributed by atoms with Crippen molar-refractivity contribution in [2.75, 3.05) is 0 Å². The molecule has 0 aliphatic heterocycles. The lowest BCUT2D eigenvalue weighted by Crippen LogP contribution is -2.40. The van der Waals surface area contributed by atoms with Crippen LogP contribution in [0.25, 0.3) is 0 Å². The Morgan fingerprint density at radius 1 is 0.556 bits per heavy atom. The maximum Gasteiger partial charge on any atom is 0.140 e. The van der Waals surface area contributed by atoms with Gasteiger partial charge in [-0.3, -0.25) is 0 Å². The maximum atomic E-state index is 6.50. The third kappa shape index (κ3) is 4.55. The largest absolute Gasteiger partial charge is 0.355 e. The number of nitrogens with zero attached hydrogens (tertiary/aromatic N) is 2. The van der Waals surface area contributed by atoms with Crippen LogP contribution in [0.15, 0.2) is 10.3 Å². The molecule has 0 spiro atoms. The van der Waals surface area contributed by atoms with Gasteiger partial charge in [-0.1, -0.05) is 23.2 Å². The van der Waals surface area contributed by atoms with Crippen LogP contribution in [0.4, 0.5) is 0 Å². The van der Waals surface area contributed by atoms with Gasteiger partial charge >= 0.3 is 0 Å². The molecule has 0 amide bonds. The molecule has 108 valence electrons. The van der Waals surface area contributed by atoms with Crippen molar-refractivity contribution in [3.63, 3.8) is 0 Å². The van der Waals surface area contributed by atoms with E-state index in [1.807, 2.05) is 0 Å². The summed E-state index contributed by atoms with van der Waals surface area (Å²) in [6.45, 7) is 17.0. The standard InChI is InChI=1S/C14H28Cl2N2/c1-9(2)17(10(3)4)13(15)14(16)18(11(5)6)12(7)8/h9-12H,1-8H3/b14-13+. The highest BCUT2D eigenvalue weighted by Gasteiger charge is 2.24. The number of hydrogen-bond acceptors (Lipinski definition) is 2. The first-order valence-electron chi connectivity index (χ1n) is 6.73. The predicted octanol–water partition coefficient (Wildman–Crippen LogP) is 4.83. The maximum absolute atomic E-state index is 6.50. The van der Waals surface area contributed by atoms with Crippen molar-refractivity contribution in [3.05, 3.63) is 10.3 Å². The Morgan fingerprint density at radius 3 is 0.833 bits per heavy atom. The van der Waals surface area contributed by atoms with Crippen LogP contribution in [0, 0.1) is 0 Å². The van der Waals surface area contributed by atoms with E-state index in [1.165, 1.54) is 0 Å². The minimum Gasteiger partial charge on any atom is -0.355 e. The highest BCUT2D eigenvalue weighted by Crippen LogP contribution is 2.28. The topological polar surface area (TPSA) is 6.48 Å². The molecule has 0 atom stereocenters. The zero-order valence-electron chi connectivity index (χ0n) is 13.0. The van der Waals surface area contributed by atoms with Crippen LogP contribution < -0.4 is 0 Å². The fourth-order valence-electron chi connectivity index (χ4n) is 2.31. The van der Waals surface area contributed by atoms with Crippen LogP contribution >= 0.6 is 23.2 Å². The first-order valence-corrected chi connectivity index (χ1v) is 7.48. The lowest BCUT2D eigenvalue weighted by atomic mass is 10.2. The van der Waals surface area contributed by atoms with Crippen molar-refractivity contribution in [2.24, 2.45) is 0 Å². The van der Waals surface area contributed by atoms with Crippen LogP contribution in [0.5, 0.6) is 0 Å². The lowest BCUT2D eigenvalue weighted by Gasteiger charge is -2.38. The van der Waals surface area contributed by atoms with Crippen LogP contribution in [-0.2, 0) is 0 Å². The van der Waals surface area contributed by atoms with Gasteiger partial charge in [0.25, 0.3) is 0 Å². The fourth-order valence-corrected chi connectivity index (χ4v) is 3.29. The number of rotatable bonds is 6. The van der Waals surface area contributed by atoms with E-state index in [0.717, 1.165) is 0 Å². The first kappa shape index (κ1) is 17.9. The Labute approximate surface area is 123 Å². The zero-order chi connectivity index (χ0) is 14.6. The highest BCUT2D eigenvalue weighted by atomic mass is 35.5. The van der Waals surface area contributed by atoms with Gasteiger partial charge in [0.15, 0.2) is 0 Å². The van der Waals surface area contributed by atoms with E-state index in [2.05, 4.69) is 65.2 Å². The van der Waals surface area contributed by atoms with E-state index < -0.39 is 0 Å². The van der Waals surface area contributed by atoms with Gasteiger partial charge in [0.05, 0.1) is 0 Å². The molecule has 0 unspecified atom stereocenters. The van der Waals surface area contributed by atoms with Gasteiger partial charge in [-0.05, 0) is 55.4 Å². The van der Waals surface area contributed by atoms with Crippen LogP contribution in [0.3, 0.4) is 0 Å². The van der Waals surface area contributed by atoms with Gasteiger partial charge in [-0.15, -0.1) is 0 Å². The van der Waals surface area contributed by atoms with E-state index in [0.29, 0.717) is 34.5 Å². The Morgan fingerprint density at radius 2 is 0.722 bits per heavy atom. The van der Waals surface area contributed by atoms with E-state index >= 15 is 0 Å². The zero-order valence-corrected chi connectivity index (χ0v) is 14.5. The normalized spacial score (nSPS) is 13.7. The fraction of sp³-hybridized carbons (Fsp3) is 0.857. The summed E-state index contributed by atoms with van der Waals surface area (Å²) in [6, 6.07) is 1.31. The van der Waals surface area contributed by atoms with E-state index in [4.69, 9.17) is 23.2 Å². The second-order valence-corrected chi connectivity index (χ2v) is 6.49. The van der Waals surface area contributed by atoms with Crippen LogP contribution in [0.2, 0.25) is 0 Å². The highest BCUT2D eigenvalue weighted by molar-refractivity contribution is 6.38. The molecule has 0 radical (unpaired) electrons. The number of halogens is 2. The first-order chi connectivity index (χ1) is 8.11. The van der Waals surface area contributed by atoms with Gasteiger partial charge < -0.3 is 9.80 Å². The SMILES string of the molecule is CC(C)N(/C(Cl)=C(\Cl)N(C(C)C)C(C)C)C(C)C. The van der Waals surface area contributed by atoms with Gasteiger partial charge in [0, 0.05) is 24.2 Å². The minimum absolute atomic E-state index is 0.326. The van der Waals surface area contributed by atoms with Crippen LogP contribution in [-0.4, -0.2) is 34.0 Å². The molecule has 0 saturated carbocycles. The molecule has 0 N–H and O–H groups in total. The average molecular weight is 295 g/mol. The van der Waals surface area contributed by atoms with Gasteiger partial charge in [-0.2, -0.15) is 0 Å². The summed E-state index contributed by atoms with van der Waals surface area (Å²) in [5.74, 6) is 0. The minimum atomic E-state index is 0.326. The Bertz CT molecular complexity index is 240. The van der Waals surface area contributed by atoms with Crippen molar-refractivity contribution in [1.29, 1.82) is 0 Å². The van der Waals surface area contributed by atoms with Crippen LogP contribution in [0.1, 0.15) is 55.4 Å². The number of hydrogen-bond donors (Lipinski definition) is 0. The van der Waals surface area contributed by atoms with Crippen molar-refractivity contribution < 1.29 is 0 Å². The second-order valence-electron chi connectivity index (χ2n) is 5.77. The van der Waals surface area contributed by atoms with E-state index in [-0.39, 0.29) is 0 Å². The molecule has 0 rings (SSSR count). The molecular weight excluding hydrogens is 267 g/mol. The van der Waals surface area contributed by atoms with Gasteiger partial charge in [-0.25, -0.2) is 0 Å². The molecule has 0 fully saturated rings. The molecule has 0 aliphatic rings. The van der Waals surface area contributed by atoms with Gasteiger partial charge in [0.1, 0.15) is 10.3 Å². The molecule has 0 aromatic carbocycles. The van der Waals surface area contributed by atoms with Crippen molar-refractivity contribution >= 4 is 23.2 Å². The monoisotopic (exact) mass is 294 g/mol. The Kier molecular flexibility index (Phi) is 7.46. The summed E-state index contributed by atoms with van der Waals surface area (Å²) in [5.41, 5.74) is 0. The molecule has 18 heavy (non-hydrogen) atoms. The van der Waals surface area contributed by atoms with E-state index in [9.17, 15) is 0 Å². The average Bonchev–Trinajstić information content (AvgIpc) is 2.14. The smallest absolute Gasteiger partial charge is 0.140 e. The molecule has 4 heteroatoms. The summed E-state index contributed by atoms with van der Waals surface area (Å²) in [6.07, 6.45) is 0. The lowest BCUT2D eigenvalue weighted by molar-refractivity contribution is 0.212. The Hall–Kier alpha value is -0.0800. The third-order valence-electron chi connectivity index (χ3n) is 2.85. The molecule has 0 heterocycles. The predicted molar refractivity (Wildman–Crippen MR) is 83.0 cm³/mol. The van der Waals surface area contributed by atoms with Crippen molar-refractivity contribution in [3.8, 4) is 0 Å². The van der Waals surface area contributed by atoms with Crippen molar-refractivity contribution in [1.82, 2.24) is 9.80 Å².